The maximum absolute atomic E-state index is 11.7. The van der Waals surface area contributed by atoms with Crippen LogP contribution in [0.3, 0.4) is 0 Å². The number of carbonyl (C=O) groups excluding carboxylic acids is 1. The summed E-state index contributed by atoms with van der Waals surface area (Å²) in [7, 11) is 0. The van der Waals surface area contributed by atoms with Crippen molar-refractivity contribution >= 4 is 27.5 Å². The lowest BCUT2D eigenvalue weighted by molar-refractivity contribution is -0.116. The molecule has 0 aliphatic rings. The molecule has 17 heavy (non-hydrogen) atoms. The van der Waals surface area contributed by atoms with Gasteiger partial charge in [-0.15, -0.1) is 5.10 Å². The lowest BCUT2D eigenvalue weighted by Gasteiger charge is -2.08. The first-order chi connectivity index (χ1) is 8.15. The quantitative estimate of drug-likeness (QED) is 0.942. The zero-order chi connectivity index (χ0) is 12.3. The first-order valence-electron chi connectivity index (χ1n) is 5.05. The summed E-state index contributed by atoms with van der Waals surface area (Å²) in [5, 5.41) is 10.2. The maximum Gasteiger partial charge on any atom is 0.246 e. The van der Waals surface area contributed by atoms with Crippen LogP contribution >= 0.6 is 15.9 Å². The zero-order valence-corrected chi connectivity index (χ0v) is 10.8. The third kappa shape index (κ3) is 3.13. The largest absolute Gasteiger partial charge is 0.323 e. The Morgan fingerprint density at radius 1 is 1.53 bits per heavy atom. The van der Waals surface area contributed by atoms with Gasteiger partial charge in [-0.05, 0) is 40.5 Å². The van der Waals surface area contributed by atoms with Crippen LogP contribution in [0.2, 0.25) is 0 Å². The lowest BCUT2D eigenvalue weighted by Crippen LogP contribution is -2.19. The molecular weight excluding hydrogens is 284 g/mol. The Morgan fingerprint density at radius 2 is 2.35 bits per heavy atom. The van der Waals surface area contributed by atoms with Crippen molar-refractivity contribution in [3.8, 4) is 0 Å². The number of carbonyl (C=O) groups is 1. The van der Waals surface area contributed by atoms with Gasteiger partial charge in [-0.1, -0.05) is 11.3 Å². The molecule has 88 valence electrons. The fraction of sp³-hybridized carbons (Fsp3) is 0.182. The summed E-state index contributed by atoms with van der Waals surface area (Å²) in [5.74, 6) is -0.137. The molecule has 0 aliphatic heterocycles. The van der Waals surface area contributed by atoms with Crippen molar-refractivity contribution < 1.29 is 4.79 Å². The van der Waals surface area contributed by atoms with Gasteiger partial charge in [0.15, 0.2) is 0 Å². The molecule has 0 bridgehead atoms. The van der Waals surface area contributed by atoms with E-state index in [0.29, 0.717) is 0 Å². The van der Waals surface area contributed by atoms with E-state index < -0.39 is 0 Å². The molecule has 0 unspecified atom stereocenters. The first kappa shape index (κ1) is 11.8. The van der Waals surface area contributed by atoms with E-state index in [0.717, 1.165) is 15.7 Å². The van der Waals surface area contributed by atoms with Gasteiger partial charge in [-0.25, -0.2) is 4.68 Å². The number of nitrogens with one attached hydrogen (secondary N) is 1. The van der Waals surface area contributed by atoms with E-state index in [1.807, 2.05) is 25.1 Å². The highest BCUT2D eigenvalue weighted by molar-refractivity contribution is 9.10. The monoisotopic (exact) mass is 294 g/mol. The standard InChI is InChI=1S/C11H11BrN4O/c1-8-2-3-9(12)10(6-8)14-11(17)7-16-5-4-13-15-16/h2-6H,7H2,1H3,(H,14,17). The van der Waals surface area contributed by atoms with Crippen molar-refractivity contribution in [3.63, 3.8) is 0 Å². The summed E-state index contributed by atoms with van der Waals surface area (Å²) in [6, 6.07) is 5.78. The van der Waals surface area contributed by atoms with Gasteiger partial charge >= 0.3 is 0 Å². The van der Waals surface area contributed by atoms with Gasteiger partial charge in [0.2, 0.25) is 5.91 Å². The summed E-state index contributed by atoms with van der Waals surface area (Å²) in [5.41, 5.74) is 1.85. The average molecular weight is 295 g/mol. The van der Waals surface area contributed by atoms with Gasteiger partial charge < -0.3 is 5.32 Å². The fourth-order valence-corrected chi connectivity index (χ4v) is 1.73. The smallest absolute Gasteiger partial charge is 0.246 e. The Labute approximate surface area is 107 Å². The molecule has 5 nitrogen and oxygen atoms in total. The second-order valence-corrected chi connectivity index (χ2v) is 4.49. The molecule has 0 radical (unpaired) electrons. The number of aryl methyl sites for hydroxylation is 1. The number of halogens is 1. The second-order valence-electron chi connectivity index (χ2n) is 3.63. The summed E-state index contributed by atoms with van der Waals surface area (Å²) < 4.78 is 2.33. The molecule has 0 spiro atoms. The van der Waals surface area contributed by atoms with Crippen LogP contribution < -0.4 is 5.32 Å². The molecule has 2 aromatic rings. The minimum Gasteiger partial charge on any atom is -0.323 e. The second kappa shape index (κ2) is 5.09. The Bertz CT molecular complexity index is 524. The summed E-state index contributed by atoms with van der Waals surface area (Å²) in [6.07, 6.45) is 3.18. The molecule has 1 amide bonds. The number of hydrogen-bond acceptors (Lipinski definition) is 3. The molecule has 1 heterocycles. The molecule has 0 saturated carbocycles. The number of hydrogen-bond donors (Lipinski definition) is 1. The number of benzene rings is 1. The Kier molecular flexibility index (Phi) is 3.53. The first-order valence-corrected chi connectivity index (χ1v) is 5.84. The van der Waals surface area contributed by atoms with Gasteiger partial charge in [0, 0.05) is 10.7 Å². The third-order valence-corrected chi connectivity index (χ3v) is 2.86. The van der Waals surface area contributed by atoms with Gasteiger partial charge in [-0.2, -0.15) is 0 Å². The van der Waals surface area contributed by atoms with Crippen LogP contribution in [0.1, 0.15) is 5.56 Å². The van der Waals surface area contributed by atoms with Crippen LogP contribution in [0.4, 0.5) is 5.69 Å². The van der Waals surface area contributed by atoms with Gasteiger partial charge in [0.05, 0.1) is 11.9 Å². The SMILES string of the molecule is Cc1ccc(Br)c(NC(=O)Cn2ccnn2)c1. The van der Waals surface area contributed by atoms with E-state index in [9.17, 15) is 4.79 Å². The zero-order valence-electron chi connectivity index (χ0n) is 9.22. The molecule has 0 aliphatic carbocycles. The summed E-state index contributed by atoms with van der Waals surface area (Å²) >= 11 is 3.39. The van der Waals surface area contributed by atoms with Gasteiger partial charge in [-0.3, -0.25) is 4.79 Å². The average Bonchev–Trinajstić information content (AvgIpc) is 2.76. The van der Waals surface area contributed by atoms with Crippen molar-refractivity contribution in [3.05, 3.63) is 40.6 Å². The Hall–Kier alpha value is -1.69. The topological polar surface area (TPSA) is 59.8 Å². The summed E-state index contributed by atoms with van der Waals surface area (Å²) in [4.78, 5) is 11.7. The van der Waals surface area contributed by atoms with E-state index in [1.165, 1.54) is 10.9 Å². The van der Waals surface area contributed by atoms with Crippen LogP contribution in [0, 0.1) is 6.92 Å². The number of rotatable bonds is 3. The Balaban J connectivity index is 2.05. The Morgan fingerprint density at radius 3 is 3.06 bits per heavy atom. The lowest BCUT2D eigenvalue weighted by atomic mass is 10.2. The van der Waals surface area contributed by atoms with E-state index >= 15 is 0 Å². The van der Waals surface area contributed by atoms with Crippen LogP contribution in [0.5, 0.6) is 0 Å². The van der Waals surface area contributed by atoms with Crippen molar-refractivity contribution in [2.24, 2.45) is 0 Å². The van der Waals surface area contributed by atoms with Crippen LogP contribution in [0.25, 0.3) is 0 Å². The van der Waals surface area contributed by atoms with Crippen molar-refractivity contribution in [2.75, 3.05) is 5.32 Å². The molecule has 1 aromatic carbocycles. The summed E-state index contributed by atoms with van der Waals surface area (Å²) in [6.45, 7) is 2.12. The fourth-order valence-electron chi connectivity index (χ4n) is 1.39. The number of anilines is 1. The number of amides is 1. The molecule has 6 heteroatoms. The minimum absolute atomic E-state index is 0.137. The molecule has 1 N–H and O–H groups in total. The molecule has 0 fully saturated rings. The van der Waals surface area contributed by atoms with E-state index in [1.54, 1.807) is 6.20 Å². The van der Waals surface area contributed by atoms with E-state index in [-0.39, 0.29) is 12.5 Å². The molecule has 1 aromatic heterocycles. The van der Waals surface area contributed by atoms with Crippen molar-refractivity contribution in [1.82, 2.24) is 15.0 Å². The third-order valence-electron chi connectivity index (χ3n) is 2.17. The van der Waals surface area contributed by atoms with Crippen LogP contribution in [-0.4, -0.2) is 20.9 Å². The highest BCUT2D eigenvalue weighted by atomic mass is 79.9. The molecule has 0 saturated heterocycles. The van der Waals surface area contributed by atoms with E-state index in [2.05, 4.69) is 31.6 Å². The molecule has 2 rings (SSSR count). The number of nitrogens with zero attached hydrogens (tertiary/aromatic N) is 3. The highest BCUT2D eigenvalue weighted by Gasteiger charge is 2.06. The number of aromatic nitrogens is 3. The van der Waals surface area contributed by atoms with Crippen LogP contribution in [-0.2, 0) is 11.3 Å². The highest BCUT2D eigenvalue weighted by Crippen LogP contribution is 2.23. The van der Waals surface area contributed by atoms with Crippen molar-refractivity contribution in [2.45, 2.75) is 13.5 Å². The van der Waals surface area contributed by atoms with Gasteiger partial charge in [0.1, 0.15) is 6.54 Å². The minimum atomic E-state index is -0.137. The van der Waals surface area contributed by atoms with E-state index in [4.69, 9.17) is 0 Å². The predicted octanol–water partition coefficient (Wildman–Crippen LogP) is 1.99. The predicted molar refractivity (Wildman–Crippen MR) is 67.5 cm³/mol. The maximum atomic E-state index is 11.7. The molecular formula is C11H11BrN4O. The van der Waals surface area contributed by atoms with Crippen molar-refractivity contribution in [1.29, 1.82) is 0 Å². The van der Waals surface area contributed by atoms with Crippen LogP contribution in [0.15, 0.2) is 35.1 Å². The normalized spacial score (nSPS) is 10.2. The van der Waals surface area contributed by atoms with Gasteiger partial charge in [0.25, 0.3) is 0 Å². The molecule has 0 atom stereocenters.